The minimum atomic E-state index is -0.646. The number of halogens is 2. The van der Waals surface area contributed by atoms with Crippen molar-refractivity contribution in [1.82, 2.24) is 4.98 Å². The van der Waals surface area contributed by atoms with Gasteiger partial charge in [0, 0.05) is 6.07 Å². The number of rotatable bonds is 3. The number of esters is 1. The fourth-order valence-electron chi connectivity index (χ4n) is 1.47. The molecule has 0 fully saturated rings. The number of benzene rings is 1. The van der Waals surface area contributed by atoms with Gasteiger partial charge in [-0.2, -0.15) is 0 Å². The molecule has 0 amide bonds. The van der Waals surface area contributed by atoms with Gasteiger partial charge in [0.2, 0.25) is 5.88 Å². The van der Waals surface area contributed by atoms with Crippen molar-refractivity contribution in [2.45, 2.75) is 0 Å². The number of nitrogens with two attached hydrogens (primary N) is 1. The molecule has 1 heterocycles. The summed E-state index contributed by atoms with van der Waals surface area (Å²) >= 11 is 3.22. The summed E-state index contributed by atoms with van der Waals surface area (Å²) in [6, 6.07) is 5.30. The second-order valence-corrected chi connectivity index (χ2v) is 4.64. The number of aromatic nitrogens is 1. The molecular formula is C13H10BrFN2O3. The van der Waals surface area contributed by atoms with E-state index in [0.717, 1.165) is 0 Å². The number of carbonyl (C=O) groups is 1. The smallest absolute Gasteiger partial charge is 0.343 e. The van der Waals surface area contributed by atoms with E-state index in [9.17, 15) is 9.18 Å². The van der Waals surface area contributed by atoms with Crippen LogP contribution in [0.25, 0.3) is 0 Å². The molecule has 20 heavy (non-hydrogen) atoms. The van der Waals surface area contributed by atoms with E-state index in [0.29, 0.717) is 4.47 Å². The summed E-state index contributed by atoms with van der Waals surface area (Å²) in [6.45, 7) is 0. The lowest BCUT2D eigenvalue weighted by Crippen LogP contribution is -2.06. The fourth-order valence-corrected chi connectivity index (χ4v) is 1.79. The van der Waals surface area contributed by atoms with Crippen LogP contribution in [0.4, 0.5) is 10.1 Å². The highest BCUT2D eigenvalue weighted by Crippen LogP contribution is 2.31. The van der Waals surface area contributed by atoms with Gasteiger partial charge in [0.25, 0.3) is 0 Å². The molecule has 1 aromatic heterocycles. The van der Waals surface area contributed by atoms with Crippen LogP contribution in [0, 0.1) is 5.82 Å². The van der Waals surface area contributed by atoms with Gasteiger partial charge in [-0.3, -0.25) is 0 Å². The molecular weight excluding hydrogens is 331 g/mol. The Bertz CT molecular complexity index is 664. The third-order valence-electron chi connectivity index (χ3n) is 2.38. The molecule has 104 valence electrons. The van der Waals surface area contributed by atoms with E-state index in [2.05, 4.69) is 25.7 Å². The van der Waals surface area contributed by atoms with Crippen molar-refractivity contribution in [3.05, 3.63) is 46.3 Å². The van der Waals surface area contributed by atoms with Gasteiger partial charge >= 0.3 is 5.97 Å². The van der Waals surface area contributed by atoms with E-state index in [-0.39, 0.29) is 22.9 Å². The Morgan fingerprint density at radius 3 is 2.85 bits per heavy atom. The standard InChI is InChI=1S/C13H10BrFN2O3/c1-19-13(18)9-5-8(16)6-17-12(9)20-11-4-7(15)2-3-10(11)14/h2-6H,16H2,1H3. The van der Waals surface area contributed by atoms with Crippen molar-refractivity contribution in [2.75, 3.05) is 12.8 Å². The first-order chi connectivity index (χ1) is 9.51. The van der Waals surface area contributed by atoms with Gasteiger partial charge in [0.05, 0.1) is 23.5 Å². The van der Waals surface area contributed by atoms with Gasteiger partial charge in [0.1, 0.15) is 17.1 Å². The highest BCUT2D eigenvalue weighted by atomic mass is 79.9. The summed E-state index contributed by atoms with van der Waals surface area (Å²) in [5.41, 5.74) is 5.92. The molecule has 0 aliphatic heterocycles. The summed E-state index contributed by atoms with van der Waals surface area (Å²) < 4.78 is 23.8. The molecule has 5 nitrogen and oxygen atoms in total. The van der Waals surface area contributed by atoms with E-state index in [1.165, 1.54) is 37.6 Å². The van der Waals surface area contributed by atoms with Crippen LogP contribution < -0.4 is 10.5 Å². The lowest BCUT2D eigenvalue weighted by Gasteiger charge is -2.10. The monoisotopic (exact) mass is 340 g/mol. The fraction of sp³-hybridized carbons (Fsp3) is 0.0769. The Labute approximate surface area is 122 Å². The number of nitrogens with zero attached hydrogens (tertiary/aromatic N) is 1. The summed E-state index contributed by atoms with van der Waals surface area (Å²) in [5.74, 6) is -0.949. The number of hydrogen-bond donors (Lipinski definition) is 1. The normalized spacial score (nSPS) is 10.2. The number of ether oxygens (including phenoxy) is 2. The Balaban J connectivity index is 2.43. The van der Waals surface area contributed by atoms with E-state index in [4.69, 9.17) is 10.5 Å². The van der Waals surface area contributed by atoms with Crippen molar-refractivity contribution in [3.8, 4) is 11.6 Å². The number of nitrogen functional groups attached to an aromatic ring is 1. The van der Waals surface area contributed by atoms with Crippen LogP contribution >= 0.6 is 15.9 Å². The van der Waals surface area contributed by atoms with Crippen LogP contribution in [-0.4, -0.2) is 18.1 Å². The van der Waals surface area contributed by atoms with Gasteiger partial charge in [0.15, 0.2) is 0 Å². The molecule has 0 saturated heterocycles. The van der Waals surface area contributed by atoms with Gasteiger partial charge in [-0.05, 0) is 34.1 Å². The molecule has 0 spiro atoms. The van der Waals surface area contributed by atoms with E-state index < -0.39 is 11.8 Å². The molecule has 7 heteroatoms. The van der Waals surface area contributed by atoms with Gasteiger partial charge in [-0.25, -0.2) is 14.2 Å². The quantitative estimate of drug-likeness (QED) is 0.868. The zero-order valence-corrected chi connectivity index (χ0v) is 12.0. The molecule has 1 aromatic carbocycles. The first-order valence-corrected chi connectivity index (χ1v) is 6.27. The molecule has 0 atom stereocenters. The van der Waals surface area contributed by atoms with Gasteiger partial charge in [-0.1, -0.05) is 0 Å². The lowest BCUT2D eigenvalue weighted by molar-refractivity contribution is 0.0597. The maximum absolute atomic E-state index is 13.2. The second kappa shape index (κ2) is 5.87. The Hall–Kier alpha value is -2.15. The van der Waals surface area contributed by atoms with Crippen molar-refractivity contribution < 1.29 is 18.7 Å². The Morgan fingerprint density at radius 2 is 2.15 bits per heavy atom. The van der Waals surface area contributed by atoms with Gasteiger partial charge < -0.3 is 15.2 Å². The molecule has 0 radical (unpaired) electrons. The SMILES string of the molecule is COC(=O)c1cc(N)cnc1Oc1cc(F)ccc1Br. The molecule has 0 unspecified atom stereocenters. The molecule has 0 aliphatic carbocycles. The average molecular weight is 341 g/mol. The van der Waals surface area contributed by atoms with E-state index >= 15 is 0 Å². The van der Waals surface area contributed by atoms with Crippen molar-refractivity contribution in [3.63, 3.8) is 0 Å². The van der Waals surface area contributed by atoms with Crippen molar-refractivity contribution in [1.29, 1.82) is 0 Å². The third kappa shape index (κ3) is 3.05. The predicted molar refractivity (Wildman–Crippen MR) is 74.2 cm³/mol. The summed E-state index contributed by atoms with van der Waals surface area (Å²) in [5, 5.41) is 0. The molecule has 2 aromatic rings. The van der Waals surface area contributed by atoms with Crippen LogP contribution in [0.3, 0.4) is 0 Å². The average Bonchev–Trinajstić information content (AvgIpc) is 2.43. The first kappa shape index (κ1) is 14.3. The van der Waals surface area contributed by atoms with Gasteiger partial charge in [-0.15, -0.1) is 0 Å². The Morgan fingerprint density at radius 1 is 1.40 bits per heavy atom. The zero-order chi connectivity index (χ0) is 14.7. The first-order valence-electron chi connectivity index (χ1n) is 5.48. The molecule has 2 N–H and O–H groups in total. The topological polar surface area (TPSA) is 74.4 Å². The van der Waals surface area contributed by atoms with Crippen LogP contribution in [0.5, 0.6) is 11.6 Å². The van der Waals surface area contributed by atoms with Crippen LogP contribution in [0.15, 0.2) is 34.9 Å². The minimum Gasteiger partial charge on any atom is -0.465 e. The van der Waals surface area contributed by atoms with Crippen LogP contribution in [-0.2, 0) is 4.74 Å². The maximum Gasteiger partial charge on any atom is 0.343 e. The number of anilines is 1. The summed E-state index contributed by atoms with van der Waals surface area (Å²) in [6.07, 6.45) is 1.33. The third-order valence-corrected chi connectivity index (χ3v) is 3.03. The highest BCUT2D eigenvalue weighted by molar-refractivity contribution is 9.10. The second-order valence-electron chi connectivity index (χ2n) is 3.79. The number of carbonyl (C=O) groups excluding carboxylic acids is 1. The molecule has 0 saturated carbocycles. The van der Waals surface area contributed by atoms with Crippen LogP contribution in [0.2, 0.25) is 0 Å². The highest BCUT2D eigenvalue weighted by Gasteiger charge is 2.17. The van der Waals surface area contributed by atoms with Crippen LogP contribution in [0.1, 0.15) is 10.4 Å². The minimum absolute atomic E-state index is 0.0163. The van der Waals surface area contributed by atoms with E-state index in [1.807, 2.05) is 0 Å². The molecule has 2 rings (SSSR count). The molecule has 0 bridgehead atoms. The summed E-state index contributed by atoms with van der Waals surface area (Å²) in [4.78, 5) is 15.6. The number of pyridine rings is 1. The summed E-state index contributed by atoms with van der Waals surface area (Å²) in [7, 11) is 1.23. The Kier molecular flexibility index (Phi) is 4.19. The number of hydrogen-bond acceptors (Lipinski definition) is 5. The van der Waals surface area contributed by atoms with Crippen molar-refractivity contribution >= 4 is 27.6 Å². The van der Waals surface area contributed by atoms with Crippen molar-refractivity contribution in [2.24, 2.45) is 0 Å². The lowest BCUT2D eigenvalue weighted by atomic mass is 10.2. The largest absolute Gasteiger partial charge is 0.465 e. The predicted octanol–water partition coefficient (Wildman–Crippen LogP) is 3.14. The number of methoxy groups -OCH3 is 1. The van der Waals surface area contributed by atoms with E-state index in [1.54, 1.807) is 0 Å². The maximum atomic E-state index is 13.2. The molecule has 0 aliphatic rings. The zero-order valence-electron chi connectivity index (χ0n) is 10.4.